The summed E-state index contributed by atoms with van der Waals surface area (Å²) in [5.41, 5.74) is 0. The molecule has 0 aromatic carbocycles. The molecular weight excluding hydrogens is 164 g/mol. The van der Waals surface area contributed by atoms with Crippen LogP contribution in [0.5, 0.6) is 0 Å². The van der Waals surface area contributed by atoms with E-state index in [4.69, 9.17) is 9.47 Å². The lowest BCUT2D eigenvalue weighted by Gasteiger charge is -2.18. The highest BCUT2D eigenvalue weighted by atomic mass is 16.5. The van der Waals surface area contributed by atoms with Crippen LogP contribution >= 0.6 is 0 Å². The van der Waals surface area contributed by atoms with Gasteiger partial charge in [-0.15, -0.1) is 0 Å². The topological polar surface area (TPSA) is 18.5 Å². The van der Waals surface area contributed by atoms with Gasteiger partial charge in [-0.3, -0.25) is 0 Å². The summed E-state index contributed by atoms with van der Waals surface area (Å²) in [5.74, 6) is 0. The van der Waals surface area contributed by atoms with Crippen molar-refractivity contribution in [3.05, 3.63) is 0 Å². The van der Waals surface area contributed by atoms with Crippen LogP contribution in [0.4, 0.5) is 0 Å². The SMILES string of the molecule is CCCOC(CCC)COC(C)C. The van der Waals surface area contributed by atoms with E-state index in [-0.39, 0.29) is 0 Å². The van der Waals surface area contributed by atoms with E-state index in [9.17, 15) is 0 Å². The van der Waals surface area contributed by atoms with Crippen molar-refractivity contribution in [2.24, 2.45) is 0 Å². The van der Waals surface area contributed by atoms with E-state index in [1.807, 2.05) is 0 Å². The van der Waals surface area contributed by atoms with Gasteiger partial charge in [0, 0.05) is 6.61 Å². The first kappa shape index (κ1) is 12.9. The van der Waals surface area contributed by atoms with Gasteiger partial charge in [-0.2, -0.15) is 0 Å². The molecule has 0 aliphatic rings. The van der Waals surface area contributed by atoms with Gasteiger partial charge in [-0.1, -0.05) is 20.3 Å². The van der Waals surface area contributed by atoms with Gasteiger partial charge in [-0.25, -0.2) is 0 Å². The van der Waals surface area contributed by atoms with Crippen LogP contribution in [0.15, 0.2) is 0 Å². The Labute approximate surface area is 82.6 Å². The molecule has 0 radical (unpaired) electrons. The van der Waals surface area contributed by atoms with Crippen LogP contribution in [0.2, 0.25) is 0 Å². The number of hydrogen-bond donors (Lipinski definition) is 0. The van der Waals surface area contributed by atoms with Crippen LogP contribution in [0.25, 0.3) is 0 Å². The lowest BCUT2D eigenvalue weighted by molar-refractivity contribution is -0.0383. The molecule has 0 bridgehead atoms. The Hall–Kier alpha value is -0.0800. The maximum absolute atomic E-state index is 5.66. The number of hydrogen-bond acceptors (Lipinski definition) is 2. The van der Waals surface area contributed by atoms with Crippen molar-refractivity contribution < 1.29 is 9.47 Å². The zero-order valence-corrected chi connectivity index (χ0v) is 9.51. The Bertz CT molecular complexity index is 102. The van der Waals surface area contributed by atoms with Gasteiger partial charge in [0.2, 0.25) is 0 Å². The van der Waals surface area contributed by atoms with Crippen LogP contribution in [-0.2, 0) is 9.47 Å². The molecule has 0 aromatic rings. The molecule has 0 fully saturated rings. The molecule has 1 atom stereocenters. The molecule has 0 heterocycles. The molecular formula is C11H24O2. The predicted molar refractivity (Wildman–Crippen MR) is 56.0 cm³/mol. The van der Waals surface area contributed by atoms with Crippen molar-refractivity contribution in [2.45, 2.75) is 59.2 Å². The minimum absolute atomic E-state index is 0.298. The van der Waals surface area contributed by atoms with Gasteiger partial charge in [-0.05, 0) is 26.7 Å². The summed E-state index contributed by atoms with van der Waals surface area (Å²) in [6.07, 6.45) is 3.96. The fourth-order valence-corrected chi connectivity index (χ4v) is 1.12. The summed E-state index contributed by atoms with van der Waals surface area (Å²) < 4.78 is 11.2. The summed E-state index contributed by atoms with van der Waals surface area (Å²) in [6.45, 7) is 10.0. The highest BCUT2D eigenvalue weighted by Gasteiger charge is 2.08. The molecule has 0 aliphatic carbocycles. The zero-order chi connectivity index (χ0) is 10.1. The zero-order valence-electron chi connectivity index (χ0n) is 9.51. The Morgan fingerprint density at radius 3 is 2.15 bits per heavy atom. The van der Waals surface area contributed by atoms with Crippen molar-refractivity contribution in [2.75, 3.05) is 13.2 Å². The Kier molecular flexibility index (Phi) is 8.46. The van der Waals surface area contributed by atoms with E-state index >= 15 is 0 Å². The van der Waals surface area contributed by atoms with E-state index in [1.165, 1.54) is 0 Å². The molecule has 13 heavy (non-hydrogen) atoms. The van der Waals surface area contributed by atoms with Gasteiger partial charge in [0.25, 0.3) is 0 Å². The molecule has 0 aliphatic heterocycles. The van der Waals surface area contributed by atoms with Gasteiger partial charge >= 0.3 is 0 Å². The second kappa shape index (κ2) is 8.52. The van der Waals surface area contributed by atoms with Gasteiger partial charge in [0.15, 0.2) is 0 Å². The molecule has 2 heteroatoms. The fourth-order valence-electron chi connectivity index (χ4n) is 1.12. The molecule has 0 N–H and O–H groups in total. The highest BCUT2D eigenvalue weighted by molar-refractivity contribution is 4.56. The molecule has 2 nitrogen and oxygen atoms in total. The summed E-state index contributed by atoms with van der Waals surface area (Å²) in [4.78, 5) is 0. The largest absolute Gasteiger partial charge is 0.376 e. The van der Waals surface area contributed by atoms with Crippen molar-refractivity contribution in [3.8, 4) is 0 Å². The average molecular weight is 188 g/mol. The quantitative estimate of drug-likeness (QED) is 0.583. The Morgan fingerprint density at radius 2 is 1.69 bits per heavy atom. The first-order valence-electron chi connectivity index (χ1n) is 5.43. The summed E-state index contributed by atoms with van der Waals surface area (Å²) in [7, 11) is 0. The third kappa shape index (κ3) is 8.26. The maximum atomic E-state index is 5.66. The monoisotopic (exact) mass is 188 g/mol. The van der Waals surface area contributed by atoms with E-state index < -0.39 is 0 Å². The molecule has 1 unspecified atom stereocenters. The molecule has 0 spiro atoms. The Balaban J connectivity index is 3.53. The summed E-state index contributed by atoms with van der Waals surface area (Å²) in [6, 6.07) is 0. The van der Waals surface area contributed by atoms with Crippen molar-refractivity contribution >= 4 is 0 Å². The smallest absolute Gasteiger partial charge is 0.0808 e. The highest BCUT2D eigenvalue weighted by Crippen LogP contribution is 2.05. The predicted octanol–water partition coefficient (Wildman–Crippen LogP) is 3.01. The first-order chi connectivity index (χ1) is 6.20. The molecule has 0 saturated carbocycles. The third-order valence-corrected chi connectivity index (χ3v) is 1.78. The van der Waals surface area contributed by atoms with Crippen molar-refractivity contribution in [3.63, 3.8) is 0 Å². The fraction of sp³-hybridized carbons (Fsp3) is 1.00. The Morgan fingerprint density at radius 1 is 1.00 bits per heavy atom. The average Bonchev–Trinajstić information content (AvgIpc) is 2.09. The van der Waals surface area contributed by atoms with Gasteiger partial charge < -0.3 is 9.47 Å². The second-order valence-electron chi connectivity index (χ2n) is 3.66. The lowest BCUT2D eigenvalue weighted by Crippen LogP contribution is -2.22. The lowest BCUT2D eigenvalue weighted by atomic mass is 10.2. The van der Waals surface area contributed by atoms with Crippen LogP contribution in [0.1, 0.15) is 47.0 Å². The molecule has 0 rings (SSSR count). The third-order valence-electron chi connectivity index (χ3n) is 1.78. The van der Waals surface area contributed by atoms with Crippen molar-refractivity contribution in [1.29, 1.82) is 0 Å². The van der Waals surface area contributed by atoms with Crippen LogP contribution in [0, 0.1) is 0 Å². The second-order valence-corrected chi connectivity index (χ2v) is 3.66. The molecule has 0 amide bonds. The molecule has 80 valence electrons. The van der Waals surface area contributed by atoms with E-state index in [2.05, 4.69) is 27.7 Å². The van der Waals surface area contributed by atoms with E-state index in [0.29, 0.717) is 12.2 Å². The van der Waals surface area contributed by atoms with Crippen LogP contribution in [-0.4, -0.2) is 25.4 Å². The number of rotatable bonds is 8. The van der Waals surface area contributed by atoms with Crippen LogP contribution in [0.3, 0.4) is 0 Å². The van der Waals surface area contributed by atoms with Crippen LogP contribution < -0.4 is 0 Å². The molecule has 0 saturated heterocycles. The minimum Gasteiger partial charge on any atom is -0.376 e. The minimum atomic E-state index is 0.298. The standard InChI is InChI=1S/C11H24O2/c1-5-7-11(12-8-6-2)9-13-10(3)4/h10-11H,5-9H2,1-4H3. The van der Waals surface area contributed by atoms with Crippen molar-refractivity contribution in [1.82, 2.24) is 0 Å². The molecule has 0 aromatic heterocycles. The first-order valence-corrected chi connectivity index (χ1v) is 5.43. The summed E-state index contributed by atoms with van der Waals surface area (Å²) in [5, 5.41) is 0. The van der Waals surface area contributed by atoms with Gasteiger partial charge in [0.05, 0.1) is 18.8 Å². The van der Waals surface area contributed by atoms with E-state index in [1.54, 1.807) is 0 Å². The van der Waals surface area contributed by atoms with E-state index in [0.717, 1.165) is 32.5 Å². The van der Waals surface area contributed by atoms with Gasteiger partial charge in [0.1, 0.15) is 0 Å². The normalized spacial score (nSPS) is 13.6. The maximum Gasteiger partial charge on any atom is 0.0808 e. The number of ether oxygens (including phenoxy) is 2. The summed E-state index contributed by atoms with van der Waals surface area (Å²) >= 11 is 0.